The minimum absolute atomic E-state index is 0.203. The topological polar surface area (TPSA) is 66.4 Å². The molecule has 2 aromatic rings. The largest absolute Gasteiger partial charge is 0.493 e. The van der Waals surface area contributed by atoms with E-state index in [1.165, 1.54) is 0 Å². The molecule has 0 unspecified atom stereocenters. The second-order valence-electron chi connectivity index (χ2n) is 5.55. The van der Waals surface area contributed by atoms with E-state index in [1.807, 2.05) is 19.1 Å². The third-order valence-corrected chi connectivity index (χ3v) is 3.86. The summed E-state index contributed by atoms with van der Waals surface area (Å²) in [6.45, 7) is 2.63. The molecule has 26 heavy (non-hydrogen) atoms. The Labute approximate surface area is 154 Å². The van der Waals surface area contributed by atoms with Crippen LogP contribution in [0.2, 0.25) is 0 Å². The summed E-state index contributed by atoms with van der Waals surface area (Å²) in [6.07, 6.45) is -1.55. The van der Waals surface area contributed by atoms with E-state index < -0.39 is 12.2 Å². The third-order valence-electron chi connectivity index (χ3n) is 3.86. The molecule has 0 radical (unpaired) electrons. The van der Waals surface area contributed by atoms with Crippen LogP contribution in [-0.4, -0.2) is 45.8 Å². The van der Waals surface area contributed by atoms with Crippen LogP contribution >= 0.6 is 0 Å². The Morgan fingerprint density at radius 1 is 0.885 bits per heavy atom. The van der Waals surface area contributed by atoms with E-state index in [4.69, 9.17) is 23.7 Å². The van der Waals surface area contributed by atoms with Crippen molar-refractivity contribution in [2.75, 3.05) is 34.5 Å². The van der Waals surface area contributed by atoms with Gasteiger partial charge in [-0.1, -0.05) is 18.2 Å². The third kappa shape index (κ3) is 4.80. The first kappa shape index (κ1) is 19.9. The van der Waals surface area contributed by atoms with Gasteiger partial charge in [0.1, 0.15) is 6.10 Å². The maximum Gasteiger partial charge on any atom is 0.161 e. The summed E-state index contributed by atoms with van der Waals surface area (Å²) in [7, 11) is 4.69. The number of hydrogen-bond acceptors (Lipinski definition) is 6. The molecule has 2 atom stereocenters. The molecule has 2 aromatic carbocycles. The van der Waals surface area contributed by atoms with Gasteiger partial charge in [0.2, 0.25) is 0 Å². The summed E-state index contributed by atoms with van der Waals surface area (Å²) in [4.78, 5) is 0. The zero-order valence-corrected chi connectivity index (χ0v) is 15.6. The summed E-state index contributed by atoms with van der Waals surface area (Å²) >= 11 is 0. The lowest BCUT2D eigenvalue weighted by Crippen LogP contribution is -2.30. The van der Waals surface area contributed by atoms with E-state index in [0.29, 0.717) is 35.2 Å². The molecule has 0 aromatic heterocycles. The molecular formula is C20H26O6. The SMILES string of the molecule is CCOc1ccc([C@@H](O)[C@H](COC)Oc2ccccc2OC)cc1OC. The maximum atomic E-state index is 10.8. The average Bonchev–Trinajstić information content (AvgIpc) is 2.68. The monoisotopic (exact) mass is 362 g/mol. The van der Waals surface area contributed by atoms with Crippen molar-refractivity contribution in [3.8, 4) is 23.0 Å². The van der Waals surface area contributed by atoms with Crippen LogP contribution in [0.15, 0.2) is 42.5 Å². The molecule has 0 aliphatic rings. The summed E-state index contributed by atoms with van der Waals surface area (Å²) in [5, 5.41) is 10.8. The lowest BCUT2D eigenvalue weighted by atomic mass is 10.0. The highest BCUT2D eigenvalue weighted by molar-refractivity contribution is 5.44. The number of ether oxygens (including phenoxy) is 5. The normalized spacial score (nSPS) is 13.0. The highest BCUT2D eigenvalue weighted by Crippen LogP contribution is 2.34. The minimum Gasteiger partial charge on any atom is -0.493 e. The van der Waals surface area contributed by atoms with Crippen molar-refractivity contribution < 1.29 is 28.8 Å². The van der Waals surface area contributed by atoms with Crippen LogP contribution in [0.5, 0.6) is 23.0 Å². The van der Waals surface area contributed by atoms with Crippen LogP contribution in [-0.2, 0) is 4.74 Å². The van der Waals surface area contributed by atoms with Gasteiger partial charge < -0.3 is 28.8 Å². The fraction of sp³-hybridized carbons (Fsp3) is 0.400. The smallest absolute Gasteiger partial charge is 0.161 e. The number of aliphatic hydroxyl groups is 1. The summed E-state index contributed by atoms with van der Waals surface area (Å²) in [5.74, 6) is 2.30. The number of para-hydroxylation sites is 2. The van der Waals surface area contributed by atoms with Crippen molar-refractivity contribution in [1.82, 2.24) is 0 Å². The number of methoxy groups -OCH3 is 3. The van der Waals surface area contributed by atoms with E-state index in [9.17, 15) is 5.11 Å². The van der Waals surface area contributed by atoms with Crippen molar-refractivity contribution >= 4 is 0 Å². The van der Waals surface area contributed by atoms with Crippen LogP contribution in [0.3, 0.4) is 0 Å². The standard InChI is InChI=1S/C20H26O6/c1-5-25-16-11-10-14(12-18(16)24-4)20(21)19(13-22-2)26-17-9-7-6-8-15(17)23-3/h6-12,19-21H,5,13H2,1-4H3/t19-,20+/m0/s1. The fourth-order valence-corrected chi connectivity index (χ4v) is 2.59. The predicted molar refractivity (Wildman–Crippen MR) is 98.4 cm³/mol. The molecule has 6 nitrogen and oxygen atoms in total. The quantitative estimate of drug-likeness (QED) is 0.700. The highest BCUT2D eigenvalue weighted by Gasteiger charge is 2.25. The van der Waals surface area contributed by atoms with E-state index >= 15 is 0 Å². The van der Waals surface area contributed by atoms with Gasteiger partial charge in [0, 0.05) is 7.11 Å². The van der Waals surface area contributed by atoms with Gasteiger partial charge in [-0.05, 0) is 36.8 Å². The summed E-state index contributed by atoms with van der Waals surface area (Å²) in [6, 6.07) is 12.6. The number of benzene rings is 2. The Bertz CT molecular complexity index is 688. The van der Waals surface area contributed by atoms with E-state index in [2.05, 4.69) is 0 Å². The van der Waals surface area contributed by atoms with Crippen LogP contribution in [0.4, 0.5) is 0 Å². The maximum absolute atomic E-state index is 10.8. The number of rotatable bonds is 10. The molecule has 1 N–H and O–H groups in total. The van der Waals surface area contributed by atoms with E-state index in [-0.39, 0.29) is 6.61 Å². The second-order valence-corrected chi connectivity index (χ2v) is 5.55. The lowest BCUT2D eigenvalue weighted by molar-refractivity contribution is -0.0133. The van der Waals surface area contributed by atoms with Gasteiger partial charge in [0.25, 0.3) is 0 Å². The summed E-state index contributed by atoms with van der Waals surface area (Å²) in [5.41, 5.74) is 0.641. The minimum atomic E-state index is -0.926. The number of hydrogen-bond donors (Lipinski definition) is 1. The molecule has 0 spiro atoms. The average molecular weight is 362 g/mol. The molecule has 0 saturated heterocycles. The molecule has 0 bridgehead atoms. The molecule has 6 heteroatoms. The summed E-state index contributed by atoms with van der Waals surface area (Å²) < 4.78 is 27.4. The Balaban J connectivity index is 2.26. The fourth-order valence-electron chi connectivity index (χ4n) is 2.59. The lowest BCUT2D eigenvalue weighted by Gasteiger charge is -2.25. The first-order valence-corrected chi connectivity index (χ1v) is 8.42. The molecule has 142 valence electrons. The van der Waals surface area contributed by atoms with Crippen LogP contribution in [0.25, 0.3) is 0 Å². The molecule has 0 aliphatic carbocycles. The number of aliphatic hydroxyl groups excluding tert-OH is 1. The Morgan fingerprint density at radius 2 is 1.58 bits per heavy atom. The first-order chi connectivity index (χ1) is 12.6. The van der Waals surface area contributed by atoms with Crippen LogP contribution in [0.1, 0.15) is 18.6 Å². The molecule has 0 fully saturated rings. The van der Waals surface area contributed by atoms with Crippen molar-refractivity contribution in [1.29, 1.82) is 0 Å². The second kappa shape index (κ2) is 9.89. The van der Waals surface area contributed by atoms with Crippen molar-refractivity contribution in [2.24, 2.45) is 0 Å². The highest BCUT2D eigenvalue weighted by atomic mass is 16.6. The first-order valence-electron chi connectivity index (χ1n) is 8.42. The molecule has 0 heterocycles. The van der Waals surface area contributed by atoms with Gasteiger partial charge in [-0.15, -0.1) is 0 Å². The van der Waals surface area contributed by atoms with Crippen molar-refractivity contribution in [3.05, 3.63) is 48.0 Å². The molecule has 0 aliphatic heterocycles. The van der Waals surface area contributed by atoms with Gasteiger partial charge in [0.15, 0.2) is 29.1 Å². The Hall–Kier alpha value is -2.44. The van der Waals surface area contributed by atoms with Gasteiger partial charge in [-0.2, -0.15) is 0 Å². The van der Waals surface area contributed by atoms with Gasteiger partial charge in [-0.3, -0.25) is 0 Å². The van der Waals surface area contributed by atoms with Crippen molar-refractivity contribution in [2.45, 2.75) is 19.1 Å². The predicted octanol–water partition coefficient (Wildman–Crippen LogP) is 3.23. The Kier molecular flexibility index (Phi) is 7.56. The zero-order valence-electron chi connectivity index (χ0n) is 15.6. The van der Waals surface area contributed by atoms with E-state index in [1.54, 1.807) is 51.7 Å². The van der Waals surface area contributed by atoms with Gasteiger partial charge in [-0.25, -0.2) is 0 Å². The van der Waals surface area contributed by atoms with Gasteiger partial charge in [0.05, 0.1) is 27.4 Å². The molecule has 0 saturated carbocycles. The Morgan fingerprint density at radius 3 is 2.19 bits per heavy atom. The van der Waals surface area contributed by atoms with E-state index in [0.717, 1.165) is 0 Å². The zero-order chi connectivity index (χ0) is 18.9. The molecule has 2 rings (SSSR count). The molecular weight excluding hydrogens is 336 g/mol. The van der Waals surface area contributed by atoms with Crippen LogP contribution in [0, 0.1) is 0 Å². The van der Waals surface area contributed by atoms with Crippen molar-refractivity contribution in [3.63, 3.8) is 0 Å². The van der Waals surface area contributed by atoms with Gasteiger partial charge >= 0.3 is 0 Å². The molecule has 0 amide bonds. The van der Waals surface area contributed by atoms with Crippen LogP contribution < -0.4 is 18.9 Å².